The largest absolute Gasteiger partial charge is 0.311 e. The highest BCUT2D eigenvalue weighted by Crippen LogP contribution is 2.67. The molecule has 0 saturated heterocycles. The molecule has 0 unspecified atom stereocenters. The molecule has 0 aromatic heterocycles. The summed E-state index contributed by atoms with van der Waals surface area (Å²) in [5.41, 5.74) is 26.8. The molecule has 1 nitrogen and oxygen atoms in total. The molecule has 334 valence electrons. The van der Waals surface area contributed by atoms with E-state index in [4.69, 9.17) is 0 Å². The molecule has 0 bridgehead atoms. The lowest BCUT2D eigenvalue weighted by molar-refractivity contribution is 0.490. The number of nitrogens with zero attached hydrogens (tertiary/aromatic N) is 1. The van der Waals surface area contributed by atoms with Gasteiger partial charge in [-0.1, -0.05) is 214 Å². The number of benzene rings is 9. The summed E-state index contributed by atoms with van der Waals surface area (Å²) in [7, 11) is 0. The van der Waals surface area contributed by atoms with Crippen molar-refractivity contribution in [2.75, 3.05) is 4.90 Å². The number of hydrogen-bond acceptors (Lipinski definition) is 1. The van der Waals surface area contributed by atoms with Crippen LogP contribution in [0.2, 0.25) is 0 Å². The van der Waals surface area contributed by atoms with E-state index < -0.39 is 10.8 Å². The van der Waals surface area contributed by atoms with Gasteiger partial charge in [0.15, 0.2) is 0 Å². The standard InChI is InChI=1S/C69H53N/c1-3-67(4-2)64-43-46(37-40-55(64)56-41-39-50(45-65(56)67)70(48-21-7-5-8-22-48)49-23-9-6-10-24-49)35-36-47-38-42-63-66(44-47)69(59-31-17-13-27-53(59)54-28-14-18-32-60(54)69)62-34-20-19-33-61(62)68(63)57-29-15-11-25-51(57)52-26-12-16-30-58(52)68/h5,7-9,11-45H,3-4,6,10H2,1-2H3/b36-35+. The van der Waals surface area contributed by atoms with Gasteiger partial charge in [-0.2, -0.15) is 0 Å². The molecule has 2 spiro atoms. The van der Waals surface area contributed by atoms with Gasteiger partial charge in [-0.05, 0) is 162 Å². The fourth-order valence-corrected chi connectivity index (χ4v) is 14.1. The second-order valence-electron chi connectivity index (χ2n) is 20.0. The third-order valence-corrected chi connectivity index (χ3v) is 17.0. The predicted octanol–water partition coefficient (Wildman–Crippen LogP) is 17.4. The Kier molecular flexibility index (Phi) is 9.09. The molecular weight excluding hydrogens is 843 g/mol. The average molecular weight is 896 g/mol. The van der Waals surface area contributed by atoms with Gasteiger partial charge in [0, 0.05) is 22.5 Å². The molecule has 5 aliphatic rings. The van der Waals surface area contributed by atoms with Crippen molar-refractivity contribution in [2.24, 2.45) is 0 Å². The number of allylic oxidation sites excluding steroid dienone is 3. The molecule has 14 rings (SSSR count). The second kappa shape index (κ2) is 15.5. The molecule has 0 saturated carbocycles. The highest BCUT2D eigenvalue weighted by atomic mass is 15.1. The van der Waals surface area contributed by atoms with Gasteiger partial charge >= 0.3 is 0 Å². The second-order valence-corrected chi connectivity index (χ2v) is 20.0. The van der Waals surface area contributed by atoms with E-state index in [-0.39, 0.29) is 5.41 Å². The summed E-state index contributed by atoms with van der Waals surface area (Å²) < 4.78 is 0. The molecule has 5 aliphatic carbocycles. The number of fused-ring (bicyclic) bond motifs is 19. The fourth-order valence-electron chi connectivity index (χ4n) is 14.1. The van der Waals surface area contributed by atoms with Crippen LogP contribution >= 0.6 is 0 Å². The average Bonchev–Trinajstić information content (AvgIpc) is 4.01. The quantitative estimate of drug-likeness (QED) is 0.144. The van der Waals surface area contributed by atoms with Crippen molar-refractivity contribution in [3.63, 3.8) is 0 Å². The summed E-state index contributed by atoms with van der Waals surface area (Å²) in [4.78, 5) is 2.44. The number of rotatable bonds is 7. The third-order valence-electron chi connectivity index (χ3n) is 17.0. The van der Waals surface area contributed by atoms with Crippen LogP contribution in [-0.4, -0.2) is 0 Å². The van der Waals surface area contributed by atoms with Crippen LogP contribution in [0.4, 0.5) is 11.4 Å². The monoisotopic (exact) mass is 895 g/mol. The molecule has 0 radical (unpaired) electrons. The molecule has 0 fully saturated rings. The summed E-state index contributed by atoms with van der Waals surface area (Å²) in [6.07, 6.45) is 15.9. The van der Waals surface area contributed by atoms with E-state index in [0.717, 1.165) is 25.7 Å². The summed E-state index contributed by atoms with van der Waals surface area (Å²) in [6, 6.07) is 78.9. The van der Waals surface area contributed by atoms with E-state index in [1.807, 2.05) is 0 Å². The van der Waals surface area contributed by atoms with Crippen LogP contribution in [0.1, 0.15) is 106 Å². The Balaban J connectivity index is 0.931. The highest BCUT2D eigenvalue weighted by molar-refractivity contribution is 5.94. The van der Waals surface area contributed by atoms with Crippen molar-refractivity contribution in [1.82, 2.24) is 0 Å². The lowest BCUT2D eigenvalue weighted by Crippen LogP contribution is -2.43. The van der Waals surface area contributed by atoms with E-state index >= 15 is 0 Å². The topological polar surface area (TPSA) is 3.24 Å². The molecule has 0 N–H and O–H groups in total. The van der Waals surface area contributed by atoms with E-state index in [1.54, 1.807) is 0 Å². The maximum atomic E-state index is 2.55. The summed E-state index contributed by atoms with van der Waals surface area (Å²) in [5, 5.41) is 0. The number of para-hydroxylation sites is 1. The van der Waals surface area contributed by atoms with E-state index in [1.165, 1.54) is 117 Å². The zero-order valence-corrected chi connectivity index (χ0v) is 39.8. The van der Waals surface area contributed by atoms with Crippen LogP contribution in [0.25, 0.3) is 45.5 Å². The van der Waals surface area contributed by atoms with Gasteiger partial charge in [0.05, 0.1) is 10.8 Å². The van der Waals surface area contributed by atoms with E-state index in [2.05, 4.69) is 255 Å². The van der Waals surface area contributed by atoms with Crippen LogP contribution in [0.3, 0.4) is 0 Å². The minimum absolute atomic E-state index is 0.0965. The molecule has 0 heterocycles. The Morgan fingerprint density at radius 3 is 1.33 bits per heavy atom. The summed E-state index contributed by atoms with van der Waals surface area (Å²) >= 11 is 0. The third kappa shape index (κ3) is 5.38. The van der Waals surface area contributed by atoms with Crippen molar-refractivity contribution < 1.29 is 0 Å². The molecule has 9 aromatic carbocycles. The Morgan fingerprint density at radius 2 is 0.800 bits per heavy atom. The lowest BCUT2D eigenvalue weighted by Gasteiger charge is -2.49. The molecule has 0 amide bonds. The van der Waals surface area contributed by atoms with Crippen molar-refractivity contribution in [3.05, 3.63) is 297 Å². The predicted molar refractivity (Wildman–Crippen MR) is 292 cm³/mol. The molecule has 0 aliphatic heterocycles. The lowest BCUT2D eigenvalue weighted by atomic mass is 9.52. The maximum Gasteiger partial charge on any atom is 0.0720 e. The van der Waals surface area contributed by atoms with Gasteiger partial charge in [-0.25, -0.2) is 0 Å². The zero-order chi connectivity index (χ0) is 46.6. The van der Waals surface area contributed by atoms with Crippen molar-refractivity contribution in [2.45, 2.75) is 55.8 Å². The van der Waals surface area contributed by atoms with Crippen LogP contribution in [-0.2, 0) is 16.2 Å². The van der Waals surface area contributed by atoms with E-state index in [0.29, 0.717) is 0 Å². The Labute approximate surface area is 412 Å². The van der Waals surface area contributed by atoms with Crippen LogP contribution in [0.15, 0.2) is 230 Å². The SMILES string of the molecule is CCC1(CC)c2cc(/C=C/c3ccc4c(c3)C3(c5ccccc5-c5ccccc53)c3ccccc3C43c4ccccc4-c4ccccc43)ccc2-c2ccc(N(C3=CCCC=C3)c3ccccc3)cc21. The molecule has 70 heavy (non-hydrogen) atoms. The number of anilines is 2. The van der Waals surface area contributed by atoms with Crippen LogP contribution < -0.4 is 4.90 Å². The molecule has 9 aromatic rings. The van der Waals surface area contributed by atoms with Gasteiger partial charge < -0.3 is 4.90 Å². The van der Waals surface area contributed by atoms with Gasteiger partial charge in [0.25, 0.3) is 0 Å². The smallest absolute Gasteiger partial charge is 0.0720 e. The molecular formula is C69H53N. The van der Waals surface area contributed by atoms with Gasteiger partial charge in [-0.3, -0.25) is 0 Å². The van der Waals surface area contributed by atoms with Gasteiger partial charge in [0.2, 0.25) is 0 Å². The highest BCUT2D eigenvalue weighted by Gasteiger charge is 2.59. The molecule has 0 atom stereocenters. The minimum Gasteiger partial charge on any atom is -0.311 e. The Bertz CT molecular complexity index is 3610. The van der Waals surface area contributed by atoms with Gasteiger partial charge in [0.1, 0.15) is 0 Å². The van der Waals surface area contributed by atoms with Crippen molar-refractivity contribution >= 4 is 23.5 Å². The first-order valence-electron chi connectivity index (χ1n) is 25.4. The van der Waals surface area contributed by atoms with Crippen LogP contribution in [0, 0.1) is 0 Å². The Hall–Kier alpha value is -8.00. The normalized spacial score (nSPS) is 16.2. The first-order valence-corrected chi connectivity index (χ1v) is 25.4. The molecule has 1 heteroatoms. The van der Waals surface area contributed by atoms with Gasteiger partial charge in [-0.15, -0.1) is 0 Å². The zero-order valence-electron chi connectivity index (χ0n) is 39.8. The maximum absolute atomic E-state index is 2.55. The fraction of sp³-hybridized carbons (Fsp3) is 0.130. The summed E-state index contributed by atoms with van der Waals surface area (Å²) in [5.74, 6) is 0. The van der Waals surface area contributed by atoms with E-state index in [9.17, 15) is 0 Å². The number of hydrogen-bond donors (Lipinski definition) is 0. The van der Waals surface area contributed by atoms with Crippen LogP contribution in [0.5, 0.6) is 0 Å². The Morgan fingerprint density at radius 1 is 0.371 bits per heavy atom. The first kappa shape index (κ1) is 41.0. The first-order chi connectivity index (χ1) is 34.6. The minimum atomic E-state index is -0.513. The van der Waals surface area contributed by atoms with Crippen molar-refractivity contribution in [3.8, 4) is 33.4 Å². The summed E-state index contributed by atoms with van der Waals surface area (Å²) in [6.45, 7) is 4.76. The van der Waals surface area contributed by atoms with Crippen molar-refractivity contribution in [1.29, 1.82) is 0 Å².